The van der Waals surface area contributed by atoms with Crippen LogP contribution in [0.2, 0.25) is 10.0 Å². The van der Waals surface area contributed by atoms with Gasteiger partial charge in [-0.3, -0.25) is 4.79 Å². The molecule has 0 atom stereocenters. The Kier molecular flexibility index (Phi) is 6.46. The Hall–Kier alpha value is -2.24. The molecule has 1 N–H and O–H groups in total. The van der Waals surface area contributed by atoms with Crippen LogP contribution in [0.1, 0.15) is 12.5 Å². The highest BCUT2D eigenvalue weighted by Crippen LogP contribution is 2.27. The van der Waals surface area contributed by atoms with Crippen molar-refractivity contribution >= 4 is 34.8 Å². The molecule has 1 amide bonds. The minimum absolute atomic E-state index is 0.212. The van der Waals surface area contributed by atoms with Gasteiger partial charge in [0, 0.05) is 10.6 Å². The zero-order chi connectivity index (χ0) is 17.5. The average Bonchev–Trinajstić information content (AvgIpc) is 2.59. The van der Waals surface area contributed by atoms with Crippen molar-refractivity contribution in [1.82, 2.24) is 5.43 Å². The van der Waals surface area contributed by atoms with E-state index in [9.17, 15) is 4.79 Å². The van der Waals surface area contributed by atoms with E-state index in [4.69, 9.17) is 32.7 Å². The highest BCUT2D eigenvalue weighted by molar-refractivity contribution is 6.35. The lowest BCUT2D eigenvalue weighted by atomic mass is 10.1. The average molecular weight is 367 g/mol. The maximum absolute atomic E-state index is 11.8. The second-order valence-electron chi connectivity index (χ2n) is 4.83. The van der Waals surface area contributed by atoms with Gasteiger partial charge in [0.1, 0.15) is 11.5 Å². The van der Waals surface area contributed by atoms with Crippen LogP contribution in [0.4, 0.5) is 0 Å². The fraction of sp³-hybridized carbons (Fsp3) is 0.176. The van der Waals surface area contributed by atoms with Gasteiger partial charge in [-0.25, -0.2) is 5.43 Å². The van der Waals surface area contributed by atoms with E-state index >= 15 is 0 Å². The Morgan fingerprint density at radius 1 is 1.21 bits per heavy atom. The summed E-state index contributed by atoms with van der Waals surface area (Å²) in [6, 6.07) is 12.2. The molecule has 0 saturated carbocycles. The Balaban J connectivity index is 1.91. The summed E-state index contributed by atoms with van der Waals surface area (Å²) in [6.45, 7) is 1.57. The number of ether oxygens (including phenoxy) is 2. The van der Waals surface area contributed by atoms with Crippen molar-refractivity contribution in [1.29, 1.82) is 0 Å². The number of nitrogens with one attached hydrogen (secondary N) is 1. The third-order valence-electron chi connectivity index (χ3n) is 3.09. The van der Waals surface area contributed by atoms with Crippen molar-refractivity contribution in [2.45, 2.75) is 6.92 Å². The van der Waals surface area contributed by atoms with Gasteiger partial charge in [-0.05, 0) is 37.3 Å². The molecule has 7 heteroatoms. The highest BCUT2D eigenvalue weighted by atomic mass is 35.5. The van der Waals surface area contributed by atoms with Crippen LogP contribution in [-0.2, 0) is 4.79 Å². The van der Waals surface area contributed by atoms with E-state index in [1.165, 1.54) is 0 Å². The van der Waals surface area contributed by atoms with E-state index in [0.717, 1.165) is 5.56 Å². The quantitative estimate of drug-likeness (QED) is 0.622. The van der Waals surface area contributed by atoms with E-state index in [1.54, 1.807) is 32.2 Å². The molecule has 0 aromatic heterocycles. The van der Waals surface area contributed by atoms with Gasteiger partial charge >= 0.3 is 0 Å². The SMILES string of the molecule is COc1cccc(/C(C)=N/NC(=O)COc2ccc(Cl)cc2Cl)c1. The van der Waals surface area contributed by atoms with Gasteiger partial charge in [0.25, 0.3) is 5.91 Å². The largest absolute Gasteiger partial charge is 0.497 e. The van der Waals surface area contributed by atoms with Crippen molar-refractivity contribution in [2.75, 3.05) is 13.7 Å². The number of hydrogen-bond donors (Lipinski definition) is 1. The Bertz CT molecular complexity index is 763. The van der Waals surface area contributed by atoms with Crippen LogP contribution in [0.5, 0.6) is 11.5 Å². The normalized spacial score (nSPS) is 11.1. The van der Waals surface area contributed by atoms with E-state index in [-0.39, 0.29) is 6.61 Å². The van der Waals surface area contributed by atoms with Crippen molar-refractivity contribution < 1.29 is 14.3 Å². The summed E-state index contributed by atoms with van der Waals surface area (Å²) in [6.07, 6.45) is 0. The third kappa shape index (κ3) is 5.15. The number of amides is 1. The van der Waals surface area contributed by atoms with Gasteiger partial charge in [0.15, 0.2) is 6.61 Å². The molecular weight excluding hydrogens is 351 g/mol. The molecule has 0 saturated heterocycles. The van der Waals surface area contributed by atoms with E-state index in [0.29, 0.717) is 27.3 Å². The fourth-order valence-electron chi connectivity index (χ4n) is 1.83. The number of benzene rings is 2. The molecule has 2 aromatic rings. The number of hydrogen-bond acceptors (Lipinski definition) is 4. The molecule has 0 heterocycles. The van der Waals surface area contributed by atoms with Gasteiger partial charge in [0.05, 0.1) is 17.8 Å². The summed E-state index contributed by atoms with van der Waals surface area (Å²) in [5.74, 6) is 0.696. The van der Waals surface area contributed by atoms with Crippen LogP contribution < -0.4 is 14.9 Å². The van der Waals surface area contributed by atoms with Crippen molar-refractivity contribution in [2.24, 2.45) is 5.10 Å². The van der Waals surface area contributed by atoms with Crippen LogP contribution in [0.3, 0.4) is 0 Å². The van der Waals surface area contributed by atoms with E-state index < -0.39 is 5.91 Å². The first-order valence-electron chi connectivity index (χ1n) is 7.05. The summed E-state index contributed by atoms with van der Waals surface area (Å²) in [5.41, 5.74) is 3.92. The number of halogens is 2. The summed E-state index contributed by atoms with van der Waals surface area (Å²) in [7, 11) is 1.59. The van der Waals surface area contributed by atoms with E-state index in [1.807, 2.05) is 24.3 Å². The smallest absolute Gasteiger partial charge is 0.277 e. The van der Waals surface area contributed by atoms with Gasteiger partial charge in [-0.2, -0.15) is 5.10 Å². The fourth-order valence-corrected chi connectivity index (χ4v) is 2.29. The summed E-state index contributed by atoms with van der Waals surface area (Å²) >= 11 is 11.8. The predicted octanol–water partition coefficient (Wildman–Crippen LogP) is 3.92. The number of methoxy groups -OCH3 is 1. The molecule has 2 rings (SSSR count). The first-order valence-corrected chi connectivity index (χ1v) is 7.80. The second kappa shape index (κ2) is 8.57. The summed E-state index contributed by atoms with van der Waals surface area (Å²) < 4.78 is 10.5. The lowest BCUT2D eigenvalue weighted by molar-refractivity contribution is -0.123. The zero-order valence-electron chi connectivity index (χ0n) is 13.2. The molecule has 5 nitrogen and oxygen atoms in total. The first-order chi connectivity index (χ1) is 11.5. The molecule has 0 bridgehead atoms. The van der Waals surface area contributed by atoms with Crippen molar-refractivity contribution in [3.8, 4) is 11.5 Å². The van der Waals surface area contributed by atoms with Crippen LogP contribution in [0.25, 0.3) is 0 Å². The van der Waals surface area contributed by atoms with Gasteiger partial charge in [-0.15, -0.1) is 0 Å². The van der Waals surface area contributed by atoms with Gasteiger partial charge < -0.3 is 9.47 Å². The molecule has 0 radical (unpaired) electrons. The van der Waals surface area contributed by atoms with Crippen LogP contribution in [0.15, 0.2) is 47.6 Å². The molecule has 0 aliphatic rings. The zero-order valence-corrected chi connectivity index (χ0v) is 14.7. The molecular formula is C17H16Cl2N2O3. The maximum atomic E-state index is 11.8. The van der Waals surface area contributed by atoms with Crippen LogP contribution >= 0.6 is 23.2 Å². The number of carbonyl (C=O) groups is 1. The number of carbonyl (C=O) groups excluding carboxylic acids is 1. The van der Waals surface area contributed by atoms with Crippen LogP contribution in [0, 0.1) is 0 Å². The molecule has 0 fully saturated rings. The molecule has 0 unspecified atom stereocenters. The lowest BCUT2D eigenvalue weighted by Gasteiger charge is -2.08. The monoisotopic (exact) mass is 366 g/mol. The van der Waals surface area contributed by atoms with Crippen molar-refractivity contribution in [3.63, 3.8) is 0 Å². The molecule has 0 aliphatic heterocycles. The summed E-state index contributed by atoms with van der Waals surface area (Å²) in [4.78, 5) is 11.8. The number of nitrogens with zero attached hydrogens (tertiary/aromatic N) is 1. The van der Waals surface area contributed by atoms with E-state index in [2.05, 4.69) is 10.5 Å². The minimum atomic E-state index is -0.400. The maximum Gasteiger partial charge on any atom is 0.277 e. The lowest BCUT2D eigenvalue weighted by Crippen LogP contribution is -2.25. The Labute approximate surface area is 150 Å². The molecule has 2 aromatic carbocycles. The predicted molar refractivity (Wildman–Crippen MR) is 95.3 cm³/mol. The molecule has 126 valence electrons. The minimum Gasteiger partial charge on any atom is -0.497 e. The summed E-state index contributed by atoms with van der Waals surface area (Å²) in [5, 5.41) is 4.88. The Morgan fingerprint density at radius 3 is 2.71 bits per heavy atom. The third-order valence-corrected chi connectivity index (χ3v) is 3.62. The van der Waals surface area contributed by atoms with Crippen molar-refractivity contribution in [3.05, 3.63) is 58.1 Å². The van der Waals surface area contributed by atoms with Gasteiger partial charge in [-0.1, -0.05) is 35.3 Å². The Morgan fingerprint density at radius 2 is 2.00 bits per heavy atom. The molecule has 0 aliphatic carbocycles. The second-order valence-corrected chi connectivity index (χ2v) is 5.67. The first kappa shape index (κ1) is 18.1. The topological polar surface area (TPSA) is 59.9 Å². The number of rotatable bonds is 6. The molecule has 0 spiro atoms. The van der Waals surface area contributed by atoms with Crippen LogP contribution in [-0.4, -0.2) is 25.3 Å². The van der Waals surface area contributed by atoms with Gasteiger partial charge in [0.2, 0.25) is 0 Å². The molecule has 24 heavy (non-hydrogen) atoms. The standard InChI is InChI=1S/C17H16Cl2N2O3/c1-11(12-4-3-5-14(8-12)23-2)20-21-17(22)10-24-16-7-6-13(18)9-15(16)19/h3-9H,10H2,1-2H3,(H,21,22)/b20-11+. The number of hydrazone groups is 1. The highest BCUT2D eigenvalue weighted by Gasteiger charge is 2.06.